The van der Waals surface area contributed by atoms with Crippen molar-refractivity contribution < 1.29 is 43.2 Å². The molecule has 0 aromatic heterocycles. The molecule has 2 N–H and O–H groups in total. The van der Waals surface area contributed by atoms with E-state index < -0.39 is 46.7 Å². The predicted octanol–water partition coefficient (Wildman–Crippen LogP) is 0.0888. The molecule has 0 bridgehead atoms. The number of imide groups is 2. The average Bonchev–Trinajstić information content (AvgIpc) is 3.16. The summed E-state index contributed by atoms with van der Waals surface area (Å²) in [5.74, 6) is -3.84. The van der Waals surface area contributed by atoms with Crippen LogP contribution in [0.25, 0.3) is 0 Å². The number of ether oxygens (including phenoxy) is 1. The van der Waals surface area contributed by atoms with E-state index in [0.29, 0.717) is 10.1 Å². The Morgan fingerprint density at radius 1 is 0.839 bits per heavy atom. The van der Waals surface area contributed by atoms with E-state index in [-0.39, 0.29) is 51.6 Å². The molecule has 12 nitrogen and oxygen atoms in total. The number of rotatable bonds is 10. The van der Waals surface area contributed by atoms with Crippen molar-refractivity contribution in [2.75, 3.05) is 6.61 Å². The third kappa shape index (κ3) is 6.56. The number of hydrogen-bond donors (Lipinski definition) is 1. The molecule has 2 aliphatic rings. The Kier molecular flexibility index (Phi) is 7.49. The minimum absolute atomic E-state index is 0.00211. The molecule has 172 valence electrons. The first-order valence-corrected chi connectivity index (χ1v) is 9.90. The second-order valence-corrected chi connectivity index (χ2v) is 8.30. The van der Waals surface area contributed by atoms with Gasteiger partial charge in [-0.3, -0.25) is 19.2 Å². The highest BCUT2D eigenvalue weighted by Crippen LogP contribution is 2.26. The van der Waals surface area contributed by atoms with Gasteiger partial charge in [-0.15, -0.1) is 10.1 Å². The van der Waals surface area contributed by atoms with Crippen LogP contribution in [0.15, 0.2) is 0 Å². The highest BCUT2D eigenvalue weighted by molar-refractivity contribution is 6.02. The first kappa shape index (κ1) is 24.4. The second kappa shape index (κ2) is 9.52. The van der Waals surface area contributed by atoms with Gasteiger partial charge in [0, 0.05) is 32.3 Å². The quantitative estimate of drug-likeness (QED) is 0.363. The fraction of sp³-hybridized carbons (Fsp3) is 0.684. The standard InChI is InChI=1S/C19H27N3O9/c1-18(2,17(28)31-22-14(25)6-7-15(22)26)10-11-29-19(3,20)9-8-16(27)30-21-12(23)4-5-13(21)24/h4-11,20H2,1-3H3. The van der Waals surface area contributed by atoms with Gasteiger partial charge in [0.2, 0.25) is 0 Å². The summed E-state index contributed by atoms with van der Waals surface area (Å²) in [5, 5.41) is 0.945. The molecule has 2 saturated heterocycles. The highest BCUT2D eigenvalue weighted by atomic mass is 16.7. The van der Waals surface area contributed by atoms with Gasteiger partial charge in [0.25, 0.3) is 23.6 Å². The van der Waals surface area contributed by atoms with E-state index in [4.69, 9.17) is 20.1 Å². The van der Waals surface area contributed by atoms with Crippen molar-refractivity contribution in [2.24, 2.45) is 11.1 Å². The number of amides is 4. The maximum Gasteiger partial charge on any atom is 0.338 e. The molecule has 2 fully saturated rings. The number of carbonyl (C=O) groups is 6. The fourth-order valence-electron chi connectivity index (χ4n) is 2.73. The van der Waals surface area contributed by atoms with Crippen molar-refractivity contribution in [2.45, 2.75) is 71.4 Å². The number of carbonyl (C=O) groups excluding carboxylic acids is 6. The molecule has 0 radical (unpaired) electrons. The SMILES string of the molecule is CC(N)(CCC(=O)ON1C(=O)CCC1=O)OCCC(C)(C)C(=O)ON1C(=O)CCC1=O. The lowest BCUT2D eigenvalue weighted by atomic mass is 9.90. The highest BCUT2D eigenvalue weighted by Gasteiger charge is 2.38. The Labute approximate surface area is 178 Å². The van der Waals surface area contributed by atoms with Gasteiger partial charge in [0.05, 0.1) is 11.8 Å². The van der Waals surface area contributed by atoms with Crippen LogP contribution in [0.3, 0.4) is 0 Å². The van der Waals surface area contributed by atoms with Gasteiger partial charge in [-0.2, -0.15) is 0 Å². The molecule has 2 aliphatic heterocycles. The summed E-state index contributed by atoms with van der Waals surface area (Å²) < 4.78 is 5.56. The molecule has 31 heavy (non-hydrogen) atoms. The Hall–Kier alpha value is -2.86. The van der Waals surface area contributed by atoms with Gasteiger partial charge in [0.15, 0.2) is 0 Å². The first-order chi connectivity index (χ1) is 14.3. The van der Waals surface area contributed by atoms with Crippen LogP contribution in [-0.2, 0) is 43.2 Å². The van der Waals surface area contributed by atoms with Crippen molar-refractivity contribution in [3.8, 4) is 0 Å². The molecule has 0 aromatic rings. The molecule has 12 heteroatoms. The third-order valence-electron chi connectivity index (χ3n) is 4.92. The lowest BCUT2D eigenvalue weighted by Gasteiger charge is -2.28. The zero-order valence-corrected chi connectivity index (χ0v) is 17.8. The number of hydrogen-bond acceptors (Lipinski definition) is 10. The normalized spacial score (nSPS) is 19.1. The fourth-order valence-corrected chi connectivity index (χ4v) is 2.73. The minimum atomic E-state index is -1.25. The smallest absolute Gasteiger partial charge is 0.338 e. The number of hydroxylamine groups is 4. The molecule has 0 aromatic carbocycles. The topological polar surface area (TPSA) is 163 Å². The van der Waals surface area contributed by atoms with Crippen LogP contribution in [0.1, 0.15) is 65.7 Å². The maximum absolute atomic E-state index is 12.3. The van der Waals surface area contributed by atoms with Crippen molar-refractivity contribution in [3.63, 3.8) is 0 Å². The van der Waals surface area contributed by atoms with Crippen LogP contribution in [0.4, 0.5) is 0 Å². The monoisotopic (exact) mass is 441 g/mol. The average molecular weight is 441 g/mol. The molecule has 4 amide bonds. The summed E-state index contributed by atoms with van der Waals surface area (Å²) in [4.78, 5) is 80.0. The van der Waals surface area contributed by atoms with Gasteiger partial charge >= 0.3 is 11.9 Å². The van der Waals surface area contributed by atoms with E-state index >= 15 is 0 Å². The largest absolute Gasteiger partial charge is 0.361 e. The maximum atomic E-state index is 12.3. The van der Waals surface area contributed by atoms with Gasteiger partial charge in [-0.25, -0.2) is 9.59 Å². The molecular weight excluding hydrogens is 414 g/mol. The third-order valence-corrected chi connectivity index (χ3v) is 4.92. The lowest BCUT2D eigenvalue weighted by Crippen LogP contribution is -2.42. The number of nitrogens with two attached hydrogens (primary N) is 1. The van der Waals surface area contributed by atoms with Gasteiger partial charge < -0.3 is 20.1 Å². The van der Waals surface area contributed by atoms with E-state index in [1.54, 1.807) is 13.8 Å². The van der Waals surface area contributed by atoms with Crippen molar-refractivity contribution >= 4 is 35.6 Å². The lowest BCUT2D eigenvalue weighted by molar-refractivity contribution is -0.205. The molecule has 0 aliphatic carbocycles. The summed E-state index contributed by atoms with van der Waals surface area (Å²) in [6, 6.07) is 0. The molecule has 0 spiro atoms. The molecule has 1 atom stereocenters. The molecule has 1 unspecified atom stereocenters. The number of nitrogens with zero attached hydrogens (tertiary/aromatic N) is 2. The Morgan fingerprint density at radius 2 is 1.29 bits per heavy atom. The minimum Gasteiger partial charge on any atom is -0.361 e. The zero-order chi connectivity index (χ0) is 23.4. The summed E-state index contributed by atoms with van der Waals surface area (Å²) >= 11 is 0. The first-order valence-electron chi connectivity index (χ1n) is 9.90. The summed E-state index contributed by atoms with van der Waals surface area (Å²) in [7, 11) is 0. The second-order valence-electron chi connectivity index (χ2n) is 8.30. The van der Waals surface area contributed by atoms with Crippen LogP contribution in [0.2, 0.25) is 0 Å². The Morgan fingerprint density at radius 3 is 1.77 bits per heavy atom. The van der Waals surface area contributed by atoms with E-state index in [9.17, 15) is 28.8 Å². The Bertz CT molecular complexity index is 758. The summed E-state index contributed by atoms with van der Waals surface area (Å²) in [5.41, 5.74) is 3.68. The van der Waals surface area contributed by atoms with Crippen LogP contribution < -0.4 is 5.73 Å². The van der Waals surface area contributed by atoms with Gasteiger partial charge in [-0.05, 0) is 33.6 Å². The van der Waals surface area contributed by atoms with Crippen LogP contribution in [0, 0.1) is 5.41 Å². The van der Waals surface area contributed by atoms with Crippen LogP contribution in [-0.4, -0.2) is 58.0 Å². The van der Waals surface area contributed by atoms with Crippen molar-refractivity contribution in [1.29, 1.82) is 0 Å². The van der Waals surface area contributed by atoms with Crippen molar-refractivity contribution in [3.05, 3.63) is 0 Å². The van der Waals surface area contributed by atoms with Gasteiger partial charge in [0.1, 0.15) is 5.72 Å². The summed E-state index contributed by atoms with van der Waals surface area (Å²) in [6.45, 7) is 4.69. The van der Waals surface area contributed by atoms with Crippen LogP contribution in [0.5, 0.6) is 0 Å². The van der Waals surface area contributed by atoms with E-state index in [1.165, 1.54) is 6.92 Å². The molecule has 2 heterocycles. The zero-order valence-electron chi connectivity index (χ0n) is 17.8. The Balaban J connectivity index is 1.75. The van der Waals surface area contributed by atoms with E-state index in [2.05, 4.69) is 0 Å². The van der Waals surface area contributed by atoms with Crippen LogP contribution >= 0.6 is 0 Å². The van der Waals surface area contributed by atoms with Crippen molar-refractivity contribution in [1.82, 2.24) is 10.1 Å². The molecular formula is C19H27N3O9. The molecule has 2 rings (SSSR count). The van der Waals surface area contributed by atoms with Gasteiger partial charge in [-0.1, -0.05) is 0 Å². The van der Waals surface area contributed by atoms with E-state index in [0.717, 1.165) is 0 Å². The predicted molar refractivity (Wildman–Crippen MR) is 101 cm³/mol. The van der Waals surface area contributed by atoms with E-state index in [1.807, 2.05) is 0 Å². The molecule has 0 saturated carbocycles. The summed E-state index contributed by atoms with van der Waals surface area (Å²) in [6.07, 6.45) is 0.00606.